The third-order valence-electron chi connectivity index (χ3n) is 2.70. The zero-order chi connectivity index (χ0) is 13.1. The molecular weight excluding hydrogens is 246 g/mol. The van der Waals surface area contributed by atoms with Gasteiger partial charge in [-0.05, 0) is 49.2 Å². The van der Waals surface area contributed by atoms with E-state index < -0.39 is 0 Å². The van der Waals surface area contributed by atoms with Crippen LogP contribution in [0.1, 0.15) is 24.1 Å². The van der Waals surface area contributed by atoms with E-state index in [0.29, 0.717) is 10.8 Å². The van der Waals surface area contributed by atoms with E-state index >= 15 is 0 Å². The molecule has 0 fully saturated rings. The Balaban J connectivity index is 2.24. The van der Waals surface area contributed by atoms with Crippen LogP contribution in [0.15, 0.2) is 42.5 Å². The molecule has 3 heteroatoms. The Morgan fingerprint density at radius 3 is 2.56 bits per heavy atom. The van der Waals surface area contributed by atoms with Crippen LogP contribution in [-0.4, -0.2) is 0 Å². The first-order valence-corrected chi connectivity index (χ1v) is 6.23. The van der Waals surface area contributed by atoms with Gasteiger partial charge in [0, 0.05) is 6.04 Å². The minimum Gasteiger partial charge on any atom is -0.456 e. The second-order valence-electron chi connectivity index (χ2n) is 4.40. The van der Waals surface area contributed by atoms with Gasteiger partial charge in [0.25, 0.3) is 0 Å². The van der Waals surface area contributed by atoms with Crippen LogP contribution < -0.4 is 10.5 Å². The van der Waals surface area contributed by atoms with Crippen molar-refractivity contribution in [2.24, 2.45) is 5.73 Å². The summed E-state index contributed by atoms with van der Waals surface area (Å²) in [4.78, 5) is 0. The van der Waals surface area contributed by atoms with Gasteiger partial charge in [-0.3, -0.25) is 0 Å². The summed E-state index contributed by atoms with van der Waals surface area (Å²) in [7, 11) is 0. The standard InChI is InChI=1S/C15H16ClNO/c1-10-4-3-5-13(8-10)18-15-7-6-12(11(2)17)9-14(15)16/h3-9,11H,17H2,1-2H3. The van der Waals surface area contributed by atoms with Gasteiger partial charge in [-0.2, -0.15) is 0 Å². The number of benzene rings is 2. The molecule has 2 N–H and O–H groups in total. The summed E-state index contributed by atoms with van der Waals surface area (Å²) in [6.45, 7) is 3.94. The number of aryl methyl sites for hydroxylation is 1. The van der Waals surface area contributed by atoms with Gasteiger partial charge >= 0.3 is 0 Å². The fraction of sp³-hybridized carbons (Fsp3) is 0.200. The average Bonchev–Trinajstić information content (AvgIpc) is 2.31. The van der Waals surface area contributed by atoms with E-state index in [2.05, 4.69) is 0 Å². The Labute approximate surface area is 112 Å². The minimum atomic E-state index is -0.0319. The summed E-state index contributed by atoms with van der Waals surface area (Å²) in [6, 6.07) is 13.4. The summed E-state index contributed by atoms with van der Waals surface area (Å²) < 4.78 is 5.75. The lowest BCUT2D eigenvalue weighted by atomic mass is 10.1. The molecule has 0 saturated heterocycles. The van der Waals surface area contributed by atoms with Gasteiger partial charge in [0.15, 0.2) is 0 Å². The summed E-state index contributed by atoms with van der Waals surface area (Å²) in [5.41, 5.74) is 7.95. The van der Waals surface area contributed by atoms with Crippen molar-refractivity contribution in [3.63, 3.8) is 0 Å². The lowest BCUT2D eigenvalue weighted by Gasteiger charge is -2.11. The van der Waals surface area contributed by atoms with Crippen LogP contribution in [-0.2, 0) is 0 Å². The van der Waals surface area contributed by atoms with Crippen molar-refractivity contribution in [1.29, 1.82) is 0 Å². The van der Waals surface area contributed by atoms with Gasteiger partial charge in [-0.25, -0.2) is 0 Å². The first-order chi connectivity index (χ1) is 8.56. The predicted octanol–water partition coefficient (Wildman–Crippen LogP) is 4.46. The van der Waals surface area contributed by atoms with Crippen LogP contribution in [0.5, 0.6) is 11.5 Å². The van der Waals surface area contributed by atoms with Crippen molar-refractivity contribution in [3.05, 3.63) is 58.6 Å². The Morgan fingerprint density at radius 2 is 1.94 bits per heavy atom. The maximum Gasteiger partial charge on any atom is 0.146 e. The molecule has 0 aromatic heterocycles. The van der Waals surface area contributed by atoms with Gasteiger partial charge in [-0.15, -0.1) is 0 Å². The molecule has 0 saturated carbocycles. The van der Waals surface area contributed by atoms with E-state index in [1.807, 2.05) is 56.3 Å². The zero-order valence-electron chi connectivity index (χ0n) is 10.5. The van der Waals surface area contributed by atoms with Crippen LogP contribution in [0.25, 0.3) is 0 Å². The third kappa shape index (κ3) is 3.03. The highest BCUT2D eigenvalue weighted by Gasteiger charge is 2.06. The summed E-state index contributed by atoms with van der Waals surface area (Å²) >= 11 is 6.18. The number of halogens is 1. The second-order valence-corrected chi connectivity index (χ2v) is 4.80. The highest BCUT2D eigenvalue weighted by Crippen LogP contribution is 2.31. The SMILES string of the molecule is Cc1cccc(Oc2ccc(C(C)N)cc2Cl)c1. The lowest BCUT2D eigenvalue weighted by molar-refractivity contribution is 0.482. The zero-order valence-corrected chi connectivity index (χ0v) is 11.2. The molecular formula is C15H16ClNO. The van der Waals surface area contributed by atoms with Gasteiger partial charge in [-0.1, -0.05) is 29.8 Å². The van der Waals surface area contributed by atoms with Crippen molar-refractivity contribution >= 4 is 11.6 Å². The molecule has 18 heavy (non-hydrogen) atoms. The molecule has 0 aliphatic rings. The number of ether oxygens (including phenoxy) is 1. The summed E-state index contributed by atoms with van der Waals surface area (Å²) in [5.74, 6) is 1.43. The van der Waals surface area contributed by atoms with Crippen molar-refractivity contribution < 1.29 is 4.74 Å². The minimum absolute atomic E-state index is 0.0319. The van der Waals surface area contributed by atoms with Crippen LogP contribution in [0.2, 0.25) is 5.02 Å². The fourth-order valence-electron chi connectivity index (χ4n) is 1.69. The Bertz CT molecular complexity index is 552. The molecule has 0 spiro atoms. The highest BCUT2D eigenvalue weighted by molar-refractivity contribution is 6.32. The van der Waals surface area contributed by atoms with Gasteiger partial charge in [0.05, 0.1) is 5.02 Å². The van der Waals surface area contributed by atoms with E-state index in [1.54, 1.807) is 0 Å². The summed E-state index contributed by atoms with van der Waals surface area (Å²) in [6.07, 6.45) is 0. The van der Waals surface area contributed by atoms with Crippen molar-refractivity contribution in [1.82, 2.24) is 0 Å². The Morgan fingerprint density at radius 1 is 1.17 bits per heavy atom. The molecule has 0 aliphatic heterocycles. The highest BCUT2D eigenvalue weighted by atomic mass is 35.5. The molecule has 2 nitrogen and oxygen atoms in total. The molecule has 2 aromatic carbocycles. The van der Waals surface area contributed by atoms with Crippen LogP contribution >= 0.6 is 11.6 Å². The predicted molar refractivity (Wildman–Crippen MR) is 75.3 cm³/mol. The largest absolute Gasteiger partial charge is 0.456 e. The maximum atomic E-state index is 6.18. The molecule has 0 aliphatic carbocycles. The van der Waals surface area contributed by atoms with Crippen molar-refractivity contribution in [2.75, 3.05) is 0 Å². The number of nitrogens with two attached hydrogens (primary N) is 1. The van der Waals surface area contributed by atoms with E-state index in [4.69, 9.17) is 22.1 Å². The molecule has 0 bridgehead atoms. The first kappa shape index (κ1) is 12.9. The van der Waals surface area contributed by atoms with E-state index in [0.717, 1.165) is 16.9 Å². The molecule has 0 heterocycles. The Kier molecular flexibility index (Phi) is 3.90. The maximum absolute atomic E-state index is 6.18. The number of rotatable bonds is 3. The van der Waals surface area contributed by atoms with Crippen molar-refractivity contribution in [3.8, 4) is 11.5 Å². The fourth-order valence-corrected chi connectivity index (χ4v) is 1.92. The number of hydrogen-bond donors (Lipinski definition) is 1. The molecule has 0 radical (unpaired) electrons. The van der Waals surface area contributed by atoms with Gasteiger partial charge in [0.1, 0.15) is 11.5 Å². The number of hydrogen-bond acceptors (Lipinski definition) is 2. The quantitative estimate of drug-likeness (QED) is 0.885. The third-order valence-corrected chi connectivity index (χ3v) is 2.99. The van der Waals surface area contributed by atoms with Gasteiger partial charge < -0.3 is 10.5 Å². The molecule has 2 rings (SSSR count). The topological polar surface area (TPSA) is 35.2 Å². The van der Waals surface area contributed by atoms with E-state index in [9.17, 15) is 0 Å². The van der Waals surface area contributed by atoms with Crippen molar-refractivity contribution in [2.45, 2.75) is 19.9 Å². The average molecular weight is 262 g/mol. The smallest absolute Gasteiger partial charge is 0.146 e. The van der Waals surface area contributed by atoms with Crippen LogP contribution in [0.3, 0.4) is 0 Å². The summed E-state index contributed by atoms with van der Waals surface area (Å²) in [5, 5.41) is 0.575. The van der Waals surface area contributed by atoms with Gasteiger partial charge in [0.2, 0.25) is 0 Å². The monoisotopic (exact) mass is 261 g/mol. The molecule has 0 amide bonds. The van der Waals surface area contributed by atoms with Crippen LogP contribution in [0, 0.1) is 6.92 Å². The first-order valence-electron chi connectivity index (χ1n) is 5.86. The molecule has 1 atom stereocenters. The molecule has 1 unspecified atom stereocenters. The Hall–Kier alpha value is -1.51. The second kappa shape index (κ2) is 5.42. The normalized spacial score (nSPS) is 12.2. The molecule has 2 aromatic rings. The molecule has 94 valence electrons. The van der Waals surface area contributed by atoms with E-state index in [1.165, 1.54) is 0 Å². The lowest BCUT2D eigenvalue weighted by Crippen LogP contribution is -2.04. The van der Waals surface area contributed by atoms with Crippen LogP contribution in [0.4, 0.5) is 0 Å². The van der Waals surface area contributed by atoms with E-state index in [-0.39, 0.29) is 6.04 Å².